The summed E-state index contributed by atoms with van der Waals surface area (Å²) in [4.78, 5) is 15.0. The van der Waals surface area contributed by atoms with Crippen LogP contribution < -0.4 is 4.74 Å². The highest BCUT2D eigenvalue weighted by Crippen LogP contribution is 2.42. The Morgan fingerprint density at radius 3 is 2.78 bits per heavy atom. The zero-order chi connectivity index (χ0) is 19.6. The van der Waals surface area contributed by atoms with Gasteiger partial charge in [0.15, 0.2) is 5.76 Å². The van der Waals surface area contributed by atoms with E-state index in [0.717, 1.165) is 24.9 Å². The van der Waals surface area contributed by atoms with E-state index in [2.05, 4.69) is 11.8 Å². The SMILES string of the molecule is CCCCN(C)Cc1c(O)cc(C)c2c1O/C(=C\c1cccc(Cl)c1)C2=O. The van der Waals surface area contributed by atoms with E-state index in [9.17, 15) is 9.90 Å². The molecular formula is C22H24ClNO3. The maximum atomic E-state index is 12.9. The minimum Gasteiger partial charge on any atom is -0.507 e. The number of unbranched alkanes of at least 4 members (excludes halogenated alkanes) is 1. The minimum absolute atomic E-state index is 0.159. The monoisotopic (exact) mass is 385 g/mol. The summed E-state index contributed by atoms with van der Waals surface area (Å²) in [5.74, 6) is 0.707. The standard InChI is InChI=1S/C22H24ClNO3/c1-4-5-9-24(3)13-17-18(25)10-14(2)20-21(26)19(27-22(17)20)12-15-7-6-8-16(23)11-15/h6-8,10-12,25H,4-5,9,13H2,1-3H3/b19-12-. The third-order valence-electron chi connectivity index (χ3n) is 4.69. The van der Waals surface area contributed by atoms with Crippen LogP contribution >= 0.6 is 11.6 Å². The van der Waals surface area contributed by atoms with Crippen molar-refractivity contribution in [3.8, 4) is 11.5 Å². The van der Waals surface area contributed by atoms with Crippen molar-refractivity contribution in [2.45, 2.75) is 33.2 Å². The fourth-order valence-corrected chi connectivity index (χ4v) is 3.46. The molecule has 4 nitrogen and oxygen atoms in total. The number of carbonyl (C=O) groups is 1. The minimum atomic E-state index is -0.167. The van der Waals surface area contributed by atoms with Crippen LogP contribution in [0.15, 0.2) is 36.1 Å². The van der Waals surface area contributed by atoms with Gasteiger partial charge in [0.1, 0.15) is 11.5 Å². The molecule has 0 radical (unpaired) electrons. The van der Waals surface area contributed by atoms with Crippen LogP contribution in [0.3, 0.4) is 0 Å². The number of allylic oxidation sites excluding steroid dienone is 1. The molecule has 2 aromatic carbocycles. The molecule has 0 atom stereocenters. The molecule has 1 heterocycles. The second kappa shape index (κ2) is 8.15. The number of ketones is 1. The first-order chi connectivity index (χ1) is 12.9. The average molecular weight is 386 g/mol. The van der Waals surface area contributed by atoms with Crippen LogP contribution in [0.25, 0.3) is 6.08 Å². The molecule has 0 bridgehead atoms. The molecule has 0 spiro atoms. The zero-order valence-electron chi connectivity index (χ0n) is 15.9. The number of benzene rings is 2. The molecule has 0 aliphatic carbocycles. The zero-order valence-corrected chi connectivity index (χ0v) is 16.6. The Hall–Kier alpha value is -2.30. The Kier molecular flexibility index (Phi) is 5.88. The van der Waals surface area contributed by atoms with Crippen LogP contribution in [0.1, 0.15) is 46.8 Å². The van der Waals surface area contributed by atoms with Gasteiger partial charge in [-0.15, -0.1) is 0 Å². The van der Waals surface area contributed by atoms with Crippen molar-refractivity contribution < 1.29 is 14.6 Å². The second-order valence-corrected chi connectivity index (χ2v) is 7.42. The van der Waals surface area contributed by atoms with Gasteiger partial charge in [0.2, 0.25) is 5.78 Å². The topological polar surface area (TPSA) is 49.8 Å². The Morgan fingerprint density at radius 2 is 2.07 bits per heavy atom. The van der Waals surface area contributed by atoms with Gasteiger partial charge in [-0.05, 0) is 62.3 Å². The lowest BCUT2D eigenvalue weighted by Gasteiger charge is -2.19. The number of phenolic OH excluding ortho intramolecular Hbond substituents is 1. The van der Waals surface area contributed by atoms with Crippen molar-refractivity contribution in [2.75, 3.05) is 13.6 Å². The largest absolute Gasteiger partial charge is 0.507 e. The van der Waals surface area contributed by atoms with Crippen LogP contribution in [0.2, 0.25) is 5.02 Å². The molecule has 3 rings (SSSR count). The first-order valence-electron chi connectivity index (χ1n) is 9.14. The quantitative estimate of drug-likeness (QED) is 0.694. The van der Waals surface area contributed by atoms with Crippen molar-refractivity contribution in [2.24, 2.45) is 0 Å². The predicted octanol–water partition coefficient (Wildman–Crippen LogP) is 5.20. The highest BCUT2D eigenvalue weighted by atomic mass is 35.5. The van der Waals surface area contributed by atoms with Gasteiger partial charge in [0.05, 0.1) is 11.1 Å². The lowest BCUT2D eigenvalue weighted by molar-refractivity contribution is 0.101. The van der Waals surface area contributed by atoms with Crippen LogP contribution in [0.4, 0.5) is 0 Å². The molecule has 0 saturated heterocycles. The number of aromatic hydroxyl groups is 1. The highest BCUT2D eigenvalue weighted by Gasteiger charge is 2.33. The third kappa shape index (κ3) is 4.18. The normalized spacial score (nSPS) is 14.7. The molecule has 0 amide bonds. The van der Waals surface area contributed by atoms with E-state index >= 15 is 0 Å². The number of aryl methyl sites for hydroxylation is 1. The van der Waals surface area contributed by atoms with Gasteiger partial charge in [-0.1, -0.05) is 37.1 Å². The van der Waals surface area contributed by atoms with Crippen molar-refractivity contribution in [3.05, 3.63) is 63.4 Å². The van der Waals surface area contributed by atoms with Crippen LogP contribution in [-0.2, 0) is 6.54 Å². The van der Waals surface area contributed by atoms with Crippen molar-refractivity contribution in [3.63, 3.8) is 0 Å². The van der Waals surface area contributed by atoms with Crippen molar-refractivity contribution in [1.29, 1.82) is 0 Å². The molecule has 1 N–H and O–H groups in total. The average Bonchev–Trinajstić information content (AvgIpc) is 2.93. The van der Waals surface area contributed by atoms with E-state index < -0.39 is 0 Å². The van der Waals surface area contributed by atoms with Gasteiger partial charge in [-0.3, -0.25) is 4.79 Å². The number of nitrogens with zero attached hydrogens (tertiary/aromatic N) is 1. The number of Topliss-reactive ketones (excluding diaryl/α,β-unsaturated/α-hetero) is 1. The van der Waals surface area contributed by atoms with Gasteiger partial charge < -0.3 is 14.7 Å². The molecule has 0 unspecified atom stereocenters. The summed E-state index contributed by atoms with van der Waals surface area (Å²) < 4.78 is 5.94. The number of fused-ring (bicyclic) bond motifs is 1. The van der Waals surface area contributed by atoms with E-state index in [0.29, 0.717) is 34.0 Å². The Balaban J connectivity index is 1.97. The van der Waals surface area contributed by atoms with Gasteiger partial charge >= 0.3 is 0 Å². The Labute approximate surface area is 165 Å². The maximum absolute atomic E-state index is 12.9. The number of carbonyl (C=O) groups excluding carboxylic acids is 1. The highest BCUT2D eigenvalue weighted by molar-refractivity contribution is 6.30. The van der Waals surface area contributed by atoms with Crippen LogP contribution in [-0.4, -0.2) is 29.4 Å². The smallest absolute Gasteiger partial charge is 0.232 e. The number of phenols is 1. The lowest BCUT2D eigenvalue weighted by Crippen LogP contribution is -2.19. The van der Waals surface area contributed by atoms with Gasteiger partial charge in [0, 0.05) is 11.6 Å². The molecule has 2 aromatic rings. The molecule has 0 aromatic heterocycles. The number of ether oxygens (including phenoxy) is 1. The lowest BCUT2D eigenvalue weighted by atomic mass is 9.99. The molecule has 0 saturated carbocycles. The molecule has 1 aliphatic heterocycles. The summed E-state index contributed by atoms with van der Waals surface area (Å²) >= 11 is 6.03. The number of rotatable bonds is 6. The van der Waals surface area contributed by atoms with Gasteiger partial charge in [-0.2, -0.15) is 0 Å². The first kappa shape index (κ1) is 19.5. The summed E-state index contributed by atoms with van der Waals surface area (Å²) in [6.45, 7) is 5.39. The van der Waals surface area contributed by atoms with Crippen LogP contribution in [0, 0.1) is 6.92 Å². The van der Waals surface area contributed by atoms with E-state index in [1.165, 1.54) is 0 Å². The molecule has 142 valence electrons. The summed E-state index contributed by atoms with van der Waals surface area (Å²) in [5, 5.41) is 11.1. The molecular weight excluding hydrogens is 362 g/mol. The third-order valence-corrected chi connectivity index (χ3v) is 4.92. The molecule has 5 heteroatoms. The first-order valence-corrected chi connectivity index (χ1v) is 9.52. The maximum Gasteiger partial charge on any atom is 0.232 e. The van der Waals surface area contributed by atoms with E-state index in [1.807, 2.05) is 26.1 Å². The summed E-state index contributed by atoms with van der Waals surface area (Å²) in [6, 6.07) is 8.89. The Morgan fingerprint density at radius 1 is 1.30 bits per heavy atom. The molecule has 0 fully saturated rings. The van der Waals surface area contributed by atoms with Crippen molar-refractivity contribution >= 4 is 23.5 Å². The summed E-state index contributed by atoms with van der Waals surface area (Å²) in [6.07, 6.45) is 3.87. The van der Waals surface area contributed by atoms with E-state index in [1.54, 1.807) is 24.3 Å². The van der Waals surface area contributed by atoms with E-state index in [4.69, 9.17) is 16.3 Å². The fraction of sp³-hybridized carbons (Fsp3) is 0.318. The molecule has 27 heavy (non-hydrogen) atoms. The number of hydrogen-bond acceptors (Lipinski definition) is 4. The van der Waals surface area contributed by atoms with Crippen molar-refractivity contribution in [1.82, 2.24) is 4.90 Å². The van der Waals surface area contributed by atoms with Crippen LogP contribution in [0.5, 0.6) is 11.5 Å². The van der Waals surface area contributed by atoms with E-state index in [-0.39, 0.29) is 17.3 Å². The van der Waals surface area contributed by atoms with Gasteiger partial charge in [0.25, 0.3) is 0 Å². The van der Waals surface area contributed by atoms with Gasteiger partial charge in [-0.25, -0.2) is 0 Å². The fourth-order valence-electron chi connectivity index (χ4n) is 3.26. The Bertz CT molecular complexity index is 905. The predicted molar refractivity (Wildman–Crippen MR) is 108 cm³/mol. The summed E-state index contributed by atoms with van der Waals surface area (Å²) in [5.41, 5.74) is 2.68. The second-order valence-electron chi connectivity index (χ2n) is 6.98. The summed E-state index contributed by atoms with van der Waals surface area (Å²) in [7, 11) is 2.00. The number of hydrogen-bond donors (Lipinski definition) is 1. The number of halogens is 1. The molecule has 1 aliphatic rings.